The van der Waals surface area contributed by atoms with Gasteiger partial charge in [-0.25, -0.2) is 0 Å². The quantitative estimate of drug-likeness (QED) is 0.822. The summed E-state index contributed by atoms with van der Waals surface area (Å²) in [7, 11) is 1.87. The lowest BCUT2D eigenvalue weighted by molar-refractivity contribution is -0.155. The second-order valence-electron chi connectivity index (χ2n) is 5.83. The average molecular weight is 295 g/mol. The number of hydrogen-bond donors (Lipinski definition) is 0. The molecular formula is C15H25N3O3. The van der Waals surface area contributed by atoms with Crippen LogP contribution in [0.2, 0.25) is 0 Å². The predicted molar refractivity (Wildman–Crippen MR) is 78.8 cm³/mol. The van der Waals surface area contributed by atoms with Gasteiger partial charge in [0.1, 0.15) is 12.2 Å². The minimum absolute atomic E-state index is 0.0220. The lowest BCUT2D eigenvalue weighted by Gasteiger charge is -2.40. The van der Waals surface area contributed by atoms with Crippen molar-refractivity contribution in [3.63, 3.8) is 0 Å². The third-order valence-electron chi connectivity index (χ3n) is 4.01. The van der Waals surface area contributed by atoms with Crippen molar-refractivity contribution < 1.29 is 14.3 Å². The molecule has 0 radical (unpaired) electrons. The molecule has 1 aliphatic rings. The molecule has 1 aromatic rings. The SMILES string of the molecule is CCC(C)OCC(=O)N1CCOC(C)(c2cnn(C)c2)C1. The van der Waals surface area contributed by atoms with Crippen molar-refractivity contribution in [1.29, 1.82) is 0 Å². The van der Waals surface area contributed by atoms with Crippen molar-refractivity contribution in [1.82, 2.24) is 14.7 Å². The summed E-state index contributed by atoms with van der Waals surface area (Å²) in [6, 6.07) is 0. The number of morpholine rings is 1. The smallest absolute Gasteiger partial charge is 0.248 e. The molecule has 118 valence electrons. The van der Waals surface area contributed by atoms with Gasteiger partial charge in [-0.1, -0.05) is 6.92 Å². The summed E-state index contributed by atoms with van der Waals surface area (Å²) in [6.07, 6.45) is 4.75. The Morgan fingerprint density at radius 1 is 1.62 bits per heavy atom. The minimum Gasteiger partial charge on any atom is -0.369 e. The van der Waals surface area contributed by atoms with E-state index in [4.69, 9.17) is 9.47 Å². The van der Waals surface area contributed by atoms with Gasteiger partial charge in [-0.15, -0.1) is 0 Å². The van der Waals surface area contributed by atoms with Crippen LogP contribution in [0.4, 0.5) is 0 Å². The fraction of sp³-hybridized carbons (Fsp3) is 0.733. The molecule has 6 nitrogen and oxygen atoms in total. The normalized spacial score (nSPS) is 24.1. The molecule has 1 amide bonds. The summed E-state index contributed by atoms with van der Waals surface area (Å²) >= 11 is 0. The van der Waals surface area contributed by atoms with Gasteiger partial charge < -0.3 is 14.4 Å². The number of aryl methyl sites for hydroxylation is 1. The standard InChI is InChI=1S/C15H25N3O3/c1-5-12(2)20-10-14(19)18-6-7-21-15(3,11-18)13-8-16-17(4)9-13/h8-9,12H,5-7,10-11H2,1-4H3. The Kier molecular flexibility index (Phi) is 5.00. The maximum absolute atomic E-state index is 12.3. The zero-order valence-corrected chi connectivity index (χ0v) is 13.3. The Morgan fingerprint density at radius 2 is 2.38 bits per heavy atom. The molecule has 2 rings (SSSR count). The molecule has 2 unspecified atom stereocenters. The second kappa shape index (κ2) is 6.58. The van der Waals surface area contributed by atoms with Gasteiger partial charge in [0.05, 0.1) is 25.5 Å². The highest BCUT2D eigenvalue weighted by atomic mass is 16.5. The Balaban J connectivity index is 1.98. The van der Waals surface area contributed by atoms with E-state index >= 15 is 0 Å². The van der Waals surface area contributed by atoms with E-state index in [1.807, 2.05) is 38.9 Å². The number of aromatic nitrogens is 2. The van der Waals surface area contributed by atoms with Crippen LogP contribution < -0.4 is 0 Å². The van der Waals surface area contributed by atoms with E-state index < -0.39 is 5.60 Å². The van der Waals surface area contributed by atoms with E-state index in [2.05, 4.69) is 5.10 Å². The van der Waals surface area contributed by atoms with E-state index in [0.717, 1.165) is 12.0 Å². The first-order chi connectivity index (χ1) is 9.94. The van der Waals surface area contributed by atoms with E-state index in [1.165, 1.54) is 0 Å². The highest BCUT2D eigenvalue weighted by Crippen LogP contribution is 2.29. The van der Waals surface area contributed by atoms with E-state index in [9.17, 15) is 4.79 Å². The highest BCUT2D eigenvalue weighted by Gasteiger charge is 2.36. The van der Waals surface area contributed by atoms with Gasteiger partial charge in [0.25, 0.3) is 0 Å². The van der Waals surface area contributed by atoms with E-state index in [-0.39, 0.29) is 18.6 Å². The Hall–Kier alpha value is -1.40. The molecule has 1 fully saturated rings. The molecule has 2 atom stereocenters. The summed E-state index contributed by atoms with van der Waals surface area (Å²) < 4.78 is 13.2. The van der Waals surface area contributed by atoms with Crippen LogP contribution in [0.25, 0.3) is 0 Å². The molecule has 1 aromatic heterocycles. The number of rotatable bonds is 5. The highest BCUT2D eigenvalue weighted by molar-refractivity contribution is 5.77. The molecule has 2 heterocycles. The van der Waals surface area contributed by atoms with Crippen LogP contribution in [0, 0.1) is 0 Å². The third-order valence-corrected chi connectivity index (χ3v) is 4.01. The van der Waals surface area contributed by atoms with Gasteiger partial charge in [0.2, 0.25) is 5.91 Å². The van der Waals surface area contributed by atoms with Crippen molar-refractivity contribution in [2.75, 3.05) is 26.3 Å². The summed E-state index contributed by atoms with van der Waals surface area (Å²) in [5, 5.41) is 4.19. The van der Waals surface area contributed by atoms with Gasteiger partial charge in [-0.05, 0) is 20.3 Å². The number of nitrogens with zero attached hydrogens (tertiary/aromatic N) is 3. The lowest BCUT2D eigenvalue weighted by Crippen LogP contribution is -2.51. The number of carbonyl (C=O) groups excluding carboxylic acids is 1. The number of amides is 1. The molecule has 0 aliphatic carbocycles. The van der Waals surface area contributed by atoms with Crippen LogP contribution in [-0.4, -0.2) is 53.0 Å². The molecule has 0 N–H and O–H groups in total. The molecule has 0 bridgehead atoms. The molecule has 1 saturated heterocycles. The van der Waals surface area contributed by atoms with Crippen LogP contribution in [0.1, 0.15) is 32.8 Å². The Labute approximate surface area is 126 Å². The van der Waals surface area contributed by atoms with Crippen LogP contribution in [0.15, 0.2) is 12.4 Å². The van der Waals surface area contributed by atoms with Crippen molar-refractivity contribution in [2.45, 2.75) is 38.9 Å². The van der Waals surface area contributed by atoms with E-state index in [1.54, 1.807) is 10.9 Å². The maximum atomic E-state index is 12.3. The first-order valence-corrected chi connectivity index (χ1v) is 7.47. The van der Waals surface area contributed by atoms with Crippen LogP contribution >= 0.6 is 0 Å². The molecular weight excluding hydrogens is 270 g/mol. The molecule has 0 saturated carbocycles. The predicted octanol–water partition coefficient (Wildman–Crippen LogP) is 1.31. The zero-order valence-electron chi connectivity index (χ0n) is 13.3. The lowest BCUT2D eigenvalue weighted by atomic mass is 9.97. The van der Waals surface area contributed by atoms with Gasteiger partial charge in [-0.3, -0.25) is 9.48 Å². The summed E-state index contributed by atoms with van der Waals surface area (Å²) in [5.74, 6) is 0.0220. The minimum atomic E-state index is -0.501. The molecule has 0 spiro atoms. The number of ether oxygens (including phenoxy) is 2. The van der Waals surface area contributed by atoms with Crippen molar-refractivity contribution in [3.05, 3.63) is 18.0 Å². The monoisotopic (exact) mass is 295 g/mol. The molecule has 0 aromatic carbocycles. The van der Waals surface area contributed by atoms with Gasteiger partial charge in [-0.2, -0.15) is 5.10 Å². The summed E-state index contributed by atoms with van der Waals surface area (Å²) in [5.41, 5.74) is 0.490. The first-order valence-electron chi connectivity index (χ1n) is 7.47. The molecule has 1 aliphatic heterocycles. The van der Waals surface area contributed by atoms with Gasteiger partial charge >= 0.3 is 0 Å². The fourth-order valence-electron chi connectivity index (χ4n) is 2.37. The average Bonchev–Trinajstić information content (AvgIpc) is 2.91. The maximum Gasteiger partial charge on any atom is 0.248 e. The first kappa shape index (κ1) is 16.0. The van der Waals surface area contributed by atoms with Gasteiger partial charge in [0, 0.05) is 25.4 Å². The largest absolute Gasteiger partial charge is 0.369 e. The Bertz CT molecular complexity index is 488. The summed E-state index contributed by atoms with van der Waals surface area (Å²) in [4.78, 5) is 14.1. The van der Waals surface area contributed by atoms with Crippen LogP contribution in [0.5, 0.6) is 0 Å². The van der Waals surface area contributed by atoms with Crippen molar-refractivity contribution in [3.8, 4) is 0 Å². The number of carbonyl (C=O) groups is 1. The topological polar surface area (TPSA) is 56.6 Å². The van der Waals surface area contributed by atoms with Crippen LogP contribution in [-0.2, 0) is 26.9 Å². The number of hydrogen-bond acceptors (Lipinski definition) is 4. The second-order valence-corrected chi connectivity index (χ2v) is 5.83. The van der Waals surface area contributed by atoms with Crippen molar-refractivity contribution in [2.24, 2.45) is 7.05 Å². The third kappa shape index (κ3) is 3.83. The van der Waals surface area contributed by atoms with E-state index in [0.29, 0.717) is 19.7 Å². The molecule has 6 heteroatoms. The van der Waals surface area contributed by atoms with Crippen LogP contribution in [0.3, 0.4) is 0 Å². The zero-order chi connectivity index (χ0) is 15.5. The summed E-state index contributed by atoms with van der Waals surface area (Å²) in [6.45, 7) is 7.83. The molecule has 21 heavy (non-hydrogen) atoms. The van der Waals surface area contributed by atoms with Crippen molar-refractivity contribution >= 4 is 5.91 Å². The van der Waals surface area contributed by atoms with Gasteiger partial charge in [0.15, 0.2) is 0 Å². The Morgan fingerprint density at radius 3 is 3.00 bits per heavy atom. The fourth-order valence-corrected chi connectivity index (χ4v) is 2.37.